The van der Waals surface area contributed by atoms with Crippen molar-refractivity contribution in [2.75, 3.05) is 13.1 Å². The second kappa shape index (κ2) is 5.74. The number of benzene rings is 1. The van der Waals surface area contributed by atoms with E-state index in [4.69, 9.17) is 0 Å². The minimum atomic E-state index is 0.314. The fourth-order valence-electron chi connectivity index (χ4n) is 3.15. The Labute approximate surface area is 115 Å². The summed E-state index contributed by atoms with van der Waals surface area (Å²) in [7, 11) is 0. The van der Waals surface area contributed by atoms with Crippen molar-refractivity contribution in [3.8, 4) is 0 Å². The molecule has 3 nitrogen and oxygen atoms in total. The summed E-state index contributed by atoms with van der Waals surface area (Å²) < 4.78 is 0. The molecule has 3 heteroatoms. The van der Waals surface area contributed by atoms with Crippen molar-refractivity contribution in [3.63, 3.8) is 0 Å². The third-order valence-electron chi connectivity index (χ3n) is 4.32. The average molecular weight is 258 g/mol. The molecule has 2 aliphatic heterocycles. The Balaban J connectivity index is 1.59. The summed E-state index contributed by atoms with van der Waals surface area (Å²) in [5.41, 5.74) is 2.72. The maximum absolute atomic E-state index is 12.4. The van der Waals surface area contributed by atoms with E-state index in [1.807, 2.05) is 4.90 Å². The summed E-state index contributed by atoms with van der Waals surface area (Å²) >= 11 is 0. The van der Waals surface area contributed by atoms with Crippen LogP contribution in [0.1, 0.15) is 36.8 Å². The molecule has 1 atom stereocenters. The standard InChI is InChI=1S/C16H22N2O/c19-16(11-15-7-3-4-9-17-15)18-10-8-13-5-1-2-6-14(13)12-18/h1-2,5-6,15,17H,3-4,7-12H2. The van der Waals surface area contributed by atoms with E-state index in [2.05, 4.69) is 29.6 Å². The number of carbonyl (C=O) groups is 1. The van der Waals surface area contributed by atoms with Crippen LogP contribution < -0.4 is 5.32 Å². The molecule has 2 heterocycles. The van der Waals surface area contributed by atoms with Gasteiger partial charge in [0, 0.05) is 25.6 Å². The van der Waals surface area contributed by atoms with Gasteiger partial charge in [-0.1, -0.05) is 30.7 Å². The fourth-order valence-corrected chi connectivity index (χ4v) is 3.15. The zero-order valence-corrected chi connectivity index (χ0v) is 11.4. The van der Waals surface area contributed by atoms with Crippen LogP contribution in [0.2, 0.25) is 0 Å². The van der Waals surface area contributed by atoms with Gasteiger partial charge in [0.15, 0.2) is 0 Å². The second-order valence-corrected chi connectivity index (χ2v) is 5.68. The number of hydrogen-bond acceptors (Lipinski definition) is 2. The van der Waals surface area contributed by atoms with Gasteiger partial charge < -0.3 is 10.2 Å². The van der Waals surface area contributed by atoms with Crippen LogP contribution in [0, 0.1) is 0 Å². The van der Waals surface area contributed by atoms with E-state index in [0.717, 1.165) is 32.5 Å². The van der Waals surface area contributed by atoms with Gasteiger partial charge >= 0.3 is 0 Å². The highest BCUT2D eigenvalue weighted by atomic mass is 16.2. The molecular formula is C16H22N2O. The van der Waals surface area contributed by atoms with Crippen LogP contribution in [-0.4, -0.2) is 29.9 Å². The number of amides is 1. The monoisotopic (exact) mass is 258 g/mol. The molecule has 1 saturated heterocycles. The van der Waals surface area contributed by atoms with Gasteiger partial charge in [0.1, 0.15) is 0 Å². The Morgan fingerprint density at radius 1 is 1.26 bits per heavy atom. The molecule has 102 valence electrons. The van der Waals surface area contributed by atoms with E-state index in [9.17, 15) is 4.79 Å². The van der Waals surface area contributed by atoms with Gasteiger partial charge in [-0.05, 0) is 36.9 Å². The Kier molecular flexibility index (Phi) is 3.83. The van der Waals surface area contributed by atoms with Crippen LogP contribution in [-0.2, 0) is 17.8 Å². The third kappa shape index (κ3) is 2.98. The summed E-state index contributed by atoms with van der Waals surface area (Å²) in [5, 5.41) is 3.46. The van der Waals surface area contributed by atoms with Crippen LogP contribution in [0.3, 0.4) is 0 Å². The largest absolute Gasteiger partial charge is 0.338 e. The molecule has 1 N–H and O–H groups in total. The quantitative estimate of drug-likeness (QED) is 0.881. The summed E-state index contributed by atoms with van der Waals surface area (Å²) in [6.07, 6.45) is 5.33. The molecule has 1 fully saturated rings. The SMILES string of the molecule is O=C(CC1CCCCN1)N1CCc2ccccc2C1. The lowest BCUT2D eigenvalue weighted by Gasteiger charge is -2.31. The predicted octanol–water partition coefficient (Wildman–Crippen LogP) is 2.10. The highest BCUT2D eigenvalue weighted by Gasteiger charge is 2.23. The van der Waals surface area contributed by atoms with Crippen molar-refractivity contribution < 1.29 is 4.79 Å². The molecule has 0 aliphatic carbocycles. The van der Waals surface area contributed by atoms with Crippen LogP contribution in [0.15, 0.2) is 24.3 Å². The predicted molar refractivity (Wildman–Crippen MR) is 75.8 cm³/mol. The molecule has 19 heavy (non-hydrogen) atoms. The summed E-state index contributed by atoms with van der Waals surface area (Å²) in [6.45, 7) is 2.74. The van der Waals surface area contributed by atoms with Gasteiger partial charge in [-0.3, -0.25) is 4.79 Å². The highest BCUT2D eigenvalue weighted by Crippen LogP contribution is 2.20. The Hall–Kier alpha value is -1.35. The molecule has 0 saturated carbocycles. The second-order valence-electron chi connectivity index (χ2n) is 5.68. The molecule has 1 unspecified atom stereocenters. The van der Waals surface area contributed by atoms with E-state index in [0.29, 0.717) is 18.4 Å². The van der Waals surface area contributed by atoms with Gasteiger partial charge in [-0.25, -0.2) is 0 Å². The zero-order chi connectivity index (χ0) is 13.1. The Bertz CT molecular complexity index is 452. The molecular weight excluding hydrogens is 236 g/mol. The number of fused-ring (bicyclic) bond motifs is 1. The first kappa shape index (κ1) is 12.7. The highest BCUT2D eigenvalue weighted by molar-refractivity contribution is 5.77. The summed E-state index contributed by atoms with van der Waals surface area (Å²) in [5.74, 6) is 0.314. The average Bonchev–Trinajstić information content (AvgIpc) is 2.48. The lowest BCUT2D eigenvalue weighted by Crippen LogP contribution is -2.42. The maximum Gasteiger partial charge on any atom is 0.224 e. The Morgan fingerprint density at radius 3 is 2.89 bits per heavy atom. The van der Waals surface area contributed by atoms with Gasteiger partial charge in [-0.15, -0.1) is 0 Å². The first-order valence-electron chi connectivity index (χ1n) is 7.41. The molecule has 0 aromatic heterocycles. The molecule has 0 bridgehead atoms. The topological polar surface area (TPSA) is 32.3 Å². The lowest BCUT2D eigenvalue weighted by atomic mass is 9.98. The third-order valence-corrected chi connectivity index (χ3v) is 4.32. The van der Waals surface area contributed by atoms with Crippen molar-refractivity contribution in [1.29, 1.82) is 0 Å². The fraction of sp³-hybridized carbons (Fsp3) is 0.562. The van der Waals surface area contributed by atoms with Crippen molar-refractivity contribution in [3.05, 3.63) is 35.4 Å². The van der Waals surface area contributed by atoms with Gasteiger partial charge in [-0.2, -0.15) is 0 Å². The number of rotatable bonds is 2. The summed E-state index contributed by atoms with van der Waals surface area (Å²) in [4.78, 5) is 14.4. The van der Waals surface area contributed by atoms with Gasteiger partial charge in [0.05, 0.1) is 0 Å². The van der Waals surface area contributed by atoms with Gasteiger partial charge in [0.25, 0.3) is 0 Å². The number of hydrogen-bond donors (Lipinski definition) is 1. The number of nitrogens with zero attached hydrogens (tertiary/aromatic N) is 1. The van der Waals surface area contributed by atoms with E-state index in [1.165, 1.54) is 24.0 Å². The number of piperidine rings is 1. The molecule has 1 aromatic rings. The molecule has 0 spiro atoms. The smallest absolute Gasteiger partial charge is 0.224 e. The van der Waals surface area contributed by atoms with Crippen LogP contribution in [0.25, 0.3) is 0 Å². The molecule has 3 rings (SSSR count). The van der Waals surface area contributed by atoms with Crippen molar-refractivity contribution in [2.45, 2.75) is 44.7 Å². The van der Waals surface area contributed by atoms with E-state index >= 15 is 0 Å². The Morgan fingerprint density at radius 2 is 2.11 bits per heavy atom. The van der Waals surface area contributed by atoms with Crippen molar-refractivity contribution >= 4 is 5.91 Å². The first-order valence-corrected chi connectivity index (χ1v) is 7.41. The normalized spacial score (nSPS) is 22.9. The van der Waals surface area contributed by atoms with E-state index in [-0.39, 0.29) is 0 Å². The number of carbonyl (C=O) groups excluding carboxylic acids is 1. The van der Waals surface area contributed by atoms with Crippen LogP contribution in [0.5, 0.6) is 0 Å². The lowest BCUT2D eigenvalue weighted by molar-refractivity contribution is -0.132. The van der Waals surface area contributed by atoms with Gasteiger partial charge in [0.2, 0.25) is 5.91 Å². The van der Waals surface area contributed by atoms with E-state index in [1.54, 1.807) is 0 Å². The number of nitrogens with one attached hydrogen (secondary N) is 1. The van der Waals surface area contributed by atoms with Crippen LogP contribution >= 0.6 is 0 Å². The maximum atomic E-state index is 12.4. The molecule has 2 aliphatic rings. The molecule has 1 amide bonds. The van der Waals surface area contributed by atoms with E-state index < -0.39 is 0 Å². The molecule has 1 aromatic carbocycles. The zero-order valence-electron chi connectivity index (χ0n) is 11.4. The van der Waals surface area contributed by atoms with Crippen molar-refractivity contribution in [2.24, 2.45) is 0 Å². The van der Waals surface area contributed by atoms with Crippen molar-refractivity contribution in [1.82, 2.24) is 10.2 Å². The molecule has 0 radical (unpaired) electrons. The first-order chi connectivity index (χ1) is 9.33. The minimum absolute atomic E-state index is 0.314. The summed E-state index contributed by atoms with van der Waals surface area (Å²) in [6, 6.07) is 8.88. The van der Waals surface area contributed by atoms with Crippen LogP contribution in [0.4, 0.5) is 0 Å². The minimum Gasteiger partial charge on any atom is -0.338 e.